The van der Waals surface area contributed by atoms with Gasteiger partial charge in [0.15, 0.2) is 0 Å². The van der Waals surface area contributed by atoms with E-state index in [1.807, 2.05) is 0 Å². The van der Waals surface area contributed by atoms with E-state index in [9.17, 15) is 9.90 Å². The number of aryl methyl sites for hydroxylation is 1. The Kier molecular flexibility index (Phi) is 4.50. The van der Waals surface area contributed by atoms with Crippen LogP contribution in [0.25, 0.3) is 0 Å². The third-order valence-electron chi connectivity index (χ3n) is 4.23. The number of aliphatic hydroxyl groups is 1. The van der Waals surface area contributed by atoms with Crippen molar-refractivity contribution in [1.82, 2.24) is 5.32 Å². The first-order valence-electron chi connectivity index (χ1n) is 7.14. The number of aliphatic hydroxyl groups excluding tert-OH is 1. The monoisotopic (exact) mass is 281 g/mol. The lowest BCUT2D eigenvalue weighted by Gasteiger charge is -2.39. The first-order chi connectivity index (χ1) is 9.46. The molecule has 2 unspecified atom stereocenters. The maximum atomic E-state index is 11.0. The van der Waals surface area contributed by atoms with Gasteiger partial charge in [-0.25, -0.2) is 4.79 Å². The molecule has 0 bridgehead atoms. The summed E-state index contributed by atoms with van der Waals surface area (Å²) < 4.78 is 5.46. The van der Waals surface area contributed by atoms with Crippen molar-refractivity contribution in [2.45, 2.75) is 51.6 Å². The van der Waals surface area contributed by atoms with Crippen LogP contribution in [0, 0.1) is 12.8 Å². The number of carboxylic acid groups (broad SMARTS) is 1. The molecule has 5 heteroatoms. The Hall–Kier alpha value is -1.33. The van der Waals surface area contributed by atoms with Gasteiger partial charge in [-0.2, -0.15) is 0 Å². The number of hydrogen-bond acceptors (Lipinski definition) is 4. The van der Waals surface area contributed by atoms with Gasteiger partial charge >= 0.3 is 5.97 Å². The van der Waals surface area contributed by atoms with E-state index in [2.05, 4.69) is 12.2 Å². The van der Waals surface area contributed by atoms with Crippen molar-refractivity contribution >= 4 is 5.97 Å². The van der Waals surface area contributed by atoms with Gasteiger partial charge in [0.05, 0.1) is 13.2 Å². The molecule has 0 aromatic carbocycles. The Morgan fingerprint density at radius 1 is 1.60 bits per heavy atom. The van der Waals surface area contributed by atoms with Gasteiger partial charge in [0, 0.05) is 5.54 Å². The molecule has 0 amide bonds. The number of carbonyl (C=O) groups is 1. The van der Waals surface area contributed by atoms with Crippen molar-refractivity contribution in [1.29, 1.82) is 0 Å². The van der Waals surface area contributed by atoms with E-state index in [-0.39, 0.29) is 17.7 Å². The third-order valence-corrected chi connectivity index (χ3v) is 4.23. The molecule has 0 radical (unpaired) electrons. The Morgan fingerprint density at radius 2 is 2.35 bits per heavy atom. The molecule has 1 aromatic rings. The zero-order chi connectivity index (χ0) is 14.8. The van der Waals surface area contributed by atoms with E-state index in [1.54, 1.807) is 13.0 Å². The highest BCUT2D eigenvalue weighted by Crippen LogP contribution is 2.32. The van der Waals surface area contributed by atoms with Crippen molar-refractivity contribution in [3.05, 3.63) is 23.2 Å². The molecule has 5 nitrogen and oxygen atoms in total. The second-order valence-electron chi connectivity index (χ2n) is 5.98. The van der Waals surface area contributed by atoms with E-state index in [4.69, 9.17) is 9.52 Å². The van der Waals surface area contributed by atoms with Crippen LogP contribution in [-0.2, 0) is 6.54 Å². The highest BCUT2D eigenvalue weighted by atomic mass is 16.4. The highest BCUT2D eigenvalue weighted by molar-refractivity contribution is 5.88. The number of rotatable bonds is 5. The van der Waals surface area contributed by atoms with Crippen LogP contribution in [0.4, 0.5) is 0 Å². The van der Waals surface area contributed by atoms with E-state index in [0.717, 1.165) is 19.3 Å². The number of furan rings is 1. The van der Waals surface area contributed by atoms with Crippen molar-refractivity contribution < 1.29 is 19.4 Å². The molecule has 1 fully saturated rings. The van der Waals surface area contributed by atoms with Crippen LogP contribution in [0.3, 0.4) is 0 Å². The maximum Gasteiger partial charge on any atom is 0.339 e. The molecular weight excluding hydrogens is 258 g/mol. The molecule has 1 heterocycles. The topological polar surface area (TPSA) is 82.7 Å². The minimum atomic E-state index is -0.972. The fraction of sp³-hybridized carbons (Fsp3) is 0.667. The van der Waals surface area contributed by atoms with Gasteiger partial charge in [-0.05, 0) is 31.7 Å². The van der Waals surface area contributed by atoms with E-state index in [1.165, 1.54) is 6.42 Å². The lowest BCUT2D eigenvalue weighted by molar-refractivity contribution is 0.0695. The largest absolute Gasteiger partial charge is 0.478 e. The molecular formula is C15H23NO4. The molecule has 1 saturated carbocycles. The van der Waals surface area contributed by atoms with Crippen molar-refractivity contribution in [3.8, 4) is 0 Å². The zero-order valence-corrected chi connectivity index (χ0v) is 12.1. The van der Waals surface area contributed by atoms with Crippen LogP contribution in [0.5, 0.6) is 0 Å². The summed E-state index contributed by atoms with van der Waals surface area (Å²) in [5.41, 5.74) is -0.0567. The fourth-order valence-electron chi connectivity index (χ4n) is 3.14. The molecule has 3 N–H and O–H groups in total. The predicted molar refractivity (Wildman–Crippen MR) is 74.7 cm³/mol. The van der Waals surface area contributed by atoms with Crippen LogP contribution in [0.1, 0.15) is 54.5 Å². The summed E-state index contributed by atoms with van der Waals surface area (Å²) in [6.45, 7) is 4.40. The van der Waals surface area contributed by atoms with Gasteiger partial charge in [-0.15, -0.1) is 0 Å². The van der Waals surface area contributed by atoms with Gasteiger partial charge in [-0.3, -0.25) is 0 Å². The van der Waals surface area contributed by atoms with Crippen molar-refractivity contribution in [2.24, 2.45) is 5.92 Å². The Balaban J connectivity index is 2.03. The summed E-state index contributed by atoms with van der Waals surface area (Å²) in [7, 11) is 0. The quantitative estimate of drug-likeness (QED) is 0.771. The third kappa shape index (κ3) is 3.22. The highest BCUT2D eigenvalue weighted by Gasteiger charge is 2.34. The van der Waals surface area contributed by atoms with Gasteiger partial charge in [0.2, 0.25) is 0 Å². The van der Waals surface area contributed by atoms with E-state index < -0.39 is 5.97 Å². The lowest BCUT2D eigenvalue weighted by Crippen LogP contribution is -2.51. The minimum Gasteiger partial charge on any atom is -0.478 e. The molecule has 20 heavy (non-hydrogen) atoms. The number of carboxylic acids is 1. The zero-order valence-electron chi connectivity index (χ0n) is 12.1. The molecule has 112 valence electrons. The molecule has 1 aromatic heterocycles. The summed E-state index contributed by atoms with van der Waals surface area (Å²) in [6, 6.07) is 1.56. The second-order valence-corrected chi connectivity index (χ2v) is 5.98. The Morgan fingerprint density at radius 3 is 2.90 bits per heavy atom. The van der Waals surface area contributed by atoms with E-state index >= 15 is 0 Å². The first-order valence-corrected chi connectivity index (χ1v) is 7.14. The smallest absolute Gasteiger partial charge is 0.339 e. The number of nitrogens with one attached hydrogen (secondary N) is 1. The fourth-order valence-corrected chi connectivity index (χ4v) is 3.14. The maximum absolute atomic E-state index is 11.0. The normalized spacial score (nSPS) is 26.6. The van der Waals surface area contributed by atoms with Crippen LogP contribution in [0.2, 0.25) is 0 Å². The number of hydrogen-bond donors (Lipinski definition) is 3. The van der Waals surface area contributed by atoms with Crippen molar-refractivity contribution in [3.63, 3.8) is 0 Å². The van der Waals surface area contributed by atoms with Crippen molar-refractivity contribution in [2.75, 3.05) is 6.61 Å². The summed E-state index contributed by atoms with van der Waals surface area (Å²) in [5, 5.41) is 22.1. The molecule has 1 aliphatic carbocycles. The Bertz CT molecular complexity index is 482. The van der Waals surface area contributed by atoms with E-state index in [0.29, 0.717) is 24.0 Å². The molecule has 2 rings (SSSR count). The molecule has 1 aliphatic rings. The standard InChI is InChI=1S/C15H23NO4/c1-10-4-3-5-15(7-10,9-17)16-8-12-6-13(14(18)19)11(2)20-12/h6,10,16-17H,3-5,7-9H2,1-2H3,(H,18,19). The van der Waals surface area contributed by atoms with Crippen LogP contribution in [-0.4, -0.2) is 28.3 Å². The summed E-state index contributed by atoms with van der Waals surface area (Å²) in [5.74, 6) is 0.646. The first kappa shape index (κ1) is 15.1. The van der Waals surface area contributed by atoms with Crippen LogP contribution >= 0.6 is 0 Å². The van der Waals surface area contributed by atoms with Crippen LogP contribution < -0.4 is 5.32 Å². The average Bonchev–Trinajstić information content (AvgIpc) is 2.78. The second kappa shape index (κ2) is 5.97. The number of aromatic carboxylic acids is 1. The van der Waals surface area contributed by atoms with Gasteiger partial charge in [-0.1, -0.05) is 19.8 Å². The summed E-state index contributed by atoms with van der Waals surface area (Å²) >= 11 is 0. The lowest BCUT2D eigenvalue weighted by atomic mass is 9.77. The summed E-state index contributed by atoms with van der Waals surface area (Å²) in [6.07, 6.45) is 4.19. The van der Waals surface area contributed by atoms with Gasteiger partial charge in [0.25, 0.3) is 0 Å². The molecule has 0 aliphatic heterocycles. The molecule has 0 saturated heterocycles. The van der Waals surface area contributed by atoms with Gasteiger partial charge in [0.1, 0.15) is 17.1 Å². The summed E-state index contributed by atoms with van der Waals surface area (Å²) in [4.78, 5) is 11.0. The molecule has 0 spiro atoms. The predicted octanol–water partition coefficient (Wildman–Crippen LogP) is 2.32. The van der Waals surface area contributed by atoms with Gasteiger partial charge < -0.3 is 19.9 Å². The SMILES string of the molecule is Cc1oc(CNC2(CO)CCCC(C)C2)cc1C(=O)O. The average molecular weight is 281 g/mol. The minimum absolute atomic E-state index is 0.100. The molecule has 2 atom stereocenters. The Labute approximate surface area is 119 Å². The van der Waals surface area contributed by atoms with Crippen LogP contribution in [0.15, 0.2) is 10.5 Å².